The molecule has 0 spiro atoms. The topological polar surface area (TPSA) is 103 Å². The highest BCUT2D eigenvalue weighted by Gasteiger charge is 2.36. The number of H-pyrrole nitrogens is 1. The largest absolute Gasteiger partial charge is 0.442 e. The Kier molecular flexibility index (Phi) is 6.78. The number of hydrogen-bond donors (Lipinski definition) is 1. The maximum Gasteiger partial charge on any atom is 0.276 e. The predicted octanol–water partition coefficient (Wildman–Crippen LogP) is 2.01. The summed E-state index contributed by atoms with van der Waals surface area (Å²) in [6.45, 7) is 7.34. The molecule has 170 valence electrons. The van der Waals surface area contributed by atoms with Gasteiger partial charge in [0.25, 0.3) is 10.0 Å². The van der Waals surface area contributed by atoms with Crippen molar-refractivity contribution in [3.05, 3.63) is 24.4 Å². The predicted molar refractivity (Wildman–Crippen MR) is 116 cm³/mol. The number of hydrogen-bond acceptors (Lipinski definition) is 6. The van der Waals surface area contributed by atoms with Gasteiger partial charge >= 0.3 is 0 Å². The van der Waals surface area contributed by atoms with Gasteiger partial charge in [-0.15, -0.1) is 0 Å². The van der Waals surface area contributed by atoms with Crippen LogP contribution in [0.5, 0.6) is 0 Å². The van der Waals surface area contributed by atoms with Crippen LogP contribution in [-0.2, 0) is 14.8 Å². The Morgan fingerprint density at radius 2 is 1.87 bits per heavy atom. The number of carbonyl (C=O) groups is 1. The van der Waals surface area contributed by atoms with Crippen molar-refractivity contribution in [2.75, 3.05) is 45.8 Å². The van der Waals surface area contributed by atoms with Crippen LogP contribution in [0.25, 0.3) is 11.5 Å². The second-order valence-electron chi connectivity index (χ2n) is 8.29. The van der Waals surface area contributed by atoms with E-state index in [2.05, 4.69) is 22.0 Å². The summed E-state index contributed by atoms with van der Waals surface area (Å²) >= 11 is 0. The molecule has 0 aliphatic carbocycles. The van der Waals surface area contributed by atoms with Crippen LogP contribution in [-0.4, -0.2) is 84.4 Å². The molecule has 4 rings (SSSR count). The molecule has 0 aromatic carbocycles. The van der Waals surface area contributed by atoms with Gasteiger partial charge in [0.05, 0.1) is 0 Å². The van der Waals surface area contributed by atoms with Crippen LogP contribution in [0.3, 0.4) is 0 Å². The van der Waals surface area contributed by atoms with E-state index in [-0.39, 0.29) is 16.9 Å². The highest BCUT2D eigenvalue weighted by molar-refractivity contribution is 7.89. The van der Waals surface area contributed by atoms with Crippen molar-refractivity contribution in [2.45, 2.75) is 37.7 Å². The molecule has 2 fully saturated rings. The lowest BCUT2D eigenvalue weighted by atomic mass is 9.96. The Morgan fingerprint density at radius 3 is 2.52 bits per heavy atom. The third-order valence-corrected chi connectivity index (χ3v) is 8.03. The number of amides is 1. The molecule has 0 unspecified atom stereocenters. The number of rotatable bonds is 7. The number of carbonyl (C=O) groups excluding carboxylic acids is 1. The van der Waals surface area contributed by atoms with E-state index >= 15 is 0 Å². The molecule has 0 saturated carbocycles. The van der Waals surface area contributed by atoms with Crippen LogP contribution in [0.2, 0.25) is 0 Å². The molecular weight excluding hydrogens is 418 g/mol. The SMILES string of the molecule is CCCCN1CCN(C(=O)C2CCN(S(=O)(=O)c3ccc(-c4ccn[nH]4)o3)CC2)CC1. The van der Waals surface area contributed by atoms with Gasteiger partial charge in [0, 0.05) is 51.4 Å². The van der Waals surface area contributed by atoms with Crippen LogP contribution in [0.15, 0.2) is 33.9 Å². The minimum atomic E-state index is -3.72. The molecule has 0 atom stereocenters. The summed E-state index contributed by atoms with van der Waals surface area (Å²) in [6.07, 6.45) is 5.05. The fourth-order valence-corrected chi connectivity index (χ4v) is 5.68. The van der Waals surface area contributed by atoms with Gasteiger partial charge in [-0.2, -0.15) is 9.40 Å². The van der Waals surface area contributed by atoms with Crippen LogP contribution >= 0.6 is 0 Å². The zero-order valence-electron chi connectivity index (χ0n) is 18.0. The number of sulfonamides is 1. The molecule has 1 N–H and O–H groups in total. The van der Waals surface area contributed by atoms with Gasteiger partial charge in [0.2, 0.25) is 11.0 Å². The Balaban J connectivity index is 1.31. The minimum Gasteiger partial charge on any atom is -0.442 e. The number of unbranched alkanes of at least 4 members (excludes halogenated alkanes) is 1. The van der Waals surface area contributed by atoms with E-state index in [0.717, 1.165) is 32.7 Å². The number of aromatic amines is 1. The van der Waals surface area contributed by atoms with Crippen molar-refractivity contribution in [1.82, 2.24) is 24.3 Å². The molecule has 0 radical (unpaired) electrons. The molecule has 2 aliphatic heterocycles. The molecule has 31 heavy (non-hydrogen) atoms. The summed E-state index contributed by atoms with van der Waals surface area (Å²) in [4.78, 5) is 17.3. The van der Waals surface area contributed by atoms with E-state index in [1.54, 1.807) is 18.3 Å². The summed E-state index contributed by atoms with van der Waals surface area (Å²) in [7, 11) is -3.72. The van der Waals surface area contributed by atoms with Gasteiger partial charge in [-0.1, -0.05) is 13.3 Å². The number of aromatic nitrogens is 2. The van der Waals surface area contributed by atoms with Crippen LogP contribution < -0.4 is 0 Å². The van der Waals surface area contributed by atoms with Gasteiger partial charge in [-0.05, 0) is 44.0 Å². The molecule has 2 aromatic heterocycles. The Hall–Kier alpha value is -2.17. The lowest BCUT2D eigenvalue weighted by Crippen LogP contribution is -2.52. The van der Waals surface area contributed by atoms with Crippen molar-refractivity contribution in [2.24, 2.45) is 5.92 Å². The maximum atomic E-state index is 13.0. The molecule has 2 aromatic rings. The highest BCUT2D eigenvalue weighted by atomic mass is 32.2. The van der Waals surface area contributed by atoms with Crippen molar-refractivity contribution in [1.29, 1.82) is 0 Å². The highest BCUT2D eigenvalue weighted by Crippen LogP contribution is 2.28. The van der Waals surface area contributed by atoms with Crippen molar-refractivity contribution >= 4 is 15.9 Å². The van der Waals surface area contributed by atoms with Gasteiger partial charge in [-0.3, -0.25) is 14.8 Å². The Morgan fingerprint density at radius 1 is 1.13 bits per heavy atom. The fraction of sp³-hybridized carbons (Fsp3) is 0.619. The molecule has 2 aliphatic rings. The molecule has 2 saturated heterocycles. The molecule has 9 nitrogen and oxygen atoms in total. The van der Waals surface area contributed by atoms with E-state index < -0.39 is 10.0 Å². The summed E-state index contributed by atoms with van der Waals surface area (Å²) in [6, 6.07) is 4.81. The first kappa shape index (κ1) is 22.0. The molecular formula is C21H31N5O4S. The first-order valence-corrected chi connectivity index (χ1v) is 12.5. The Bertz CT molecular complexity index is 956. The second-order valence-corrected chi connectivity index (χ2v) is 10.2. The quantitative estimate of drug-likeness (QED) is 0.694. The van der Waals surface area contributed by atoms with Gasteiger partial charge in [0.1, 0.15) is 5.69 Å². The smallest absolute Gasteiger partial charge is 0.276 e. The molecule has 4 heterocycles. The fourth-order valence-electron chi connectivity index (χ4n) is 4.30. The monoisotopic (exact) mass is 449 g/mol. The average molecular weight is 450 g/mol. The lowest BCUT2D eigenvalue weighted by Gasteiger charge is -2.38. The number of piperidine rings is 1. The van der Waals surface area contributed by atoms with E-state index in [1.807, 2.05) is 4.90 Å². The molecule has 1 amide bonds. The van der Waals surface area contributed by atoms with Crippen molar-refractivity contribution in [3.8, 4) is 11.5 Å². The summed E-state index contributed by atoms with van der Waals surface area (Å²) < 4.78 is 33.0. The number of piperazine rings is 1. The zero-order valence-corrected chi connectivity index (χ0v) is 18.8. The normalized spacial score (nSPS) is 19.7. The van der Waals surface area contributed by atoms with Crippen LogP contribution in [0, 0.1) is 5.92 Å². The number of nitrogens with zero attached hydrogens (tertiary/aromatic N) is 4. The van der Waals surface area contributed by atoms with Crippen LogP contribution in [0.4, 0.5) is 0 Å². The Labute approximate surface area is 183 Å². The summed E-state index contributed by atoms with van der Waals surface area (Å²) in [5.74, 6) is 0.497. The van der Waals surface area contributed by atoms with E-state index in [0.29, 0.717) is 37.4 Å². The maximum absolute atomic E-state index is 13.0. The van der Waals surface area contributed by atoms with Gasteiger partial charge in [0.15, 0.2) is 5.76 Å². The summed E-state index contributed by atoms with van der Waals surface area (Å²) in [5, 5.41) is 6.54. The number of furan rings is 1. The lowest BCUT2D eigenvalue weighted by molar-refractivity contribution is -0.138. The van der Waals surface area contributed by atoms with Crippen molar-refractivity contribution in [3.63, 3.8) is 0 Å². The van der Waals surface area contributed by atoms with Crippen LogP contribution in [0.1, 0.15) is 32.6 Å². The second kappa shape index (κ2) is 9.54. The van der Waals surface area contributed by atoms with E-state index in [9.17, 15) is 13.2 Å². The zero-order chi connectivity index (χ0) is 21.8. The first-order chi connectivity index (χ1) is 15.0. The van der Waals surface area contributed by atoms with Gasteiger partial charge in [-0.25, -0.2) is 8.42 Å². The first-order valence-electron chi connectivity index (χ1n) is 11.1. The standard InChI is InChI=1S/C21H31N5O4S/c1-2-3-10-24-13-15-25(16-14-24)21(27)17-7-11-26(12-8-17)31(28,29)20-5-4-19(30-20)18-6-9-22-23-18/h4-6,9,17H,2-3,7-8,10-16H2,1H3,(H,22,23). The number of nitrogens with one attached hydrogen (secondary N) is 1. The third-order valence-electron chi connectivity index (χ3n) is 6.26. The molecule has 0 bridgehead atoms. The van der Waals surface area contributed by atoms with E-state index in [4.69, 9.17) is 4.42 Å². The summed E-state index contributed by atoms with van der Waals surface area (Å²) in [5.41, 5.74) is 0.626. The third kappa shape index (κ3) is 4.86. The molecule has 10 heteroatoms. The van der Waals surface area contributed by atoms with Crippen molar-refractivity contribution < 1.29 is 17.6 Å². The van der Waals surface area contributed by atoms with E-state index in [1.165, 1.54) is 23.2 Å². The van der Waals surface area contributed by atoms with Gasteiger partial charge < -0.3 is 9.32 Å². The minimum absolute atomic E-state index is 0.0786. The average Bonchev–Trinajstić information content (AvgIpc) is 3.50.